The maximum Gasteiger partial charge on any atom is 0.387 e. The highest BCUT2D eigenvalue weighted by atomic mass is 32.1. The van der Waals surface area contributed by atoms with Gasteiger partial charge in [-0.3, -0.25) is 4.99 Å². The quantitative estimate of drug-likeness (QED) is 0.503. The van der Waals surface area contributed by atoms with Crippen LogP contribution in [0.1, 0.15) is 23.2 Å². The van der Waals surface area contributed by atoms with Gasteiger partial charge in [0.1, 0.15) is 0 Å². The van der Waals surface area contributed by atoms with Gasteiger partial charge >= 0.3 is 6.61 Å². The van der Waals surface area contributed by atoms with Gasteiger partial charge in [0.25, 0.3) is 0 Å². The highest BCUT2D eigenvalue weighted by molar-refractivity contribution is 7.09. The second kappa shape index (κ2) is 10.8. The fourth-order valence-electron chi connectivity index (χ4n) is 2.62. The first kappa shape index (κ1) is 21.9. The van der Waals surface area contributed by atoms with Gasteiger partial charge in [-0.2, -0.15) is 8.78 Å². The summed E-state index contributed by atoms with van der Waals surface area (Å²) in [4.78, 5) is 11.1. The Balaban J connectivity index is 2.02. The van der Waals surface area contributed by atoms with Crippen LogP contribution in [0.2, 0.25) is 0 Å². The van der Waals surface area contributed by atoms with Crippen LogP contribution in [0.3, 0.4) is 0 Å². The molecule has 0 spiro atoms. The number of alkyl halides is 2. The number of hydrogen-bond donors (Lipinski definition) is 1. The number of ether oxygens (including phenoxy) is 2. The lowest BCUT2D eigenvalue weighted by atomic mass is 10.1. The van der Waals surface area contributed by atoms with Crippen LogP contribution in [0.5, 0.6) is 11.5 Å². The molecule has 0 saturated carbocycles. The topological polar surface area (TPSA) is 59.0 Å². The summed E-state index contributed by atoms with van der Waals surface area (Å²) in [6, 6.07) is 5.01. The molecule has 0 amide bonds. The largest absolute Gasteiger partial charge is 0.493 e. The van der Waals surface area contributed by atoms with E-state index in [1.165, 1.54) is 7.11 Å². The van der Waals surface area contributed by atoms with E-state index < -0.39 is 6.61 Å². The molecular formula is C19H26F2N4O2S. The molecule has 1 heterocycles. The third-order valence-electron chi connectivity index (χ3n) is 3.87. The van der Waals surface area contributed by atoms with Gasteiger partial charge < -0.3 is 19.7 Å². The van der Waals surface area contributed by atoms with E-state index in [4.69, 9.17) is 4.74 Å². The van der Waals surface area contributed by atoms with Crippen molar-refractivity contribution in [2.24, 2.45) is 4.99 Å². The summed E-state index contributed by atoms with van der Waals surface area (Å²) in [6.45, 7) is 3.00. The number of aromatic nitrogens is 1. The second-order valence-electron chi connectivity index (χ2n) is 6.06. The Hall–Kier alpha value is -2.42. The number of methoxy groups -OCH3 is 1. The fourth-order valence-corrected chi connectivity index (χ4v) is 3.23. The predicted octanol–water partition coefficient (Wildman–Crippen LogP) is 3.70. The highest BCUT2D eigenvalue weighted by Crippen LogP contribution is 2.29. The normalized spacial score (nSPS) is 11.6. The van der Waals surface area contributed by atoms with Crippen molar-refractivity contribution in [3.63, 3.8) is 0 Å². The molecule has 0 fully saturated rings. The number of guanidine groups is 1. The van der Waals surface area contributed by atoms with Crippen LogP contribution in [-0.4, -0.2) is 49.7 Å². The second-order valence-corrected chi connectivity index (χ2v) is 7.13. The van der Waals surface area contributed by atoms with Crippen molar-refractivity contribution in [2.75, 3.05) is 27.2 Å². The maximum atomic E-state index is 12.6. The van der Waals surface area contributed by atoms with Crippen LogP contribution in [0.15, 0.2) is 28.6 Å². The number of rotatable bonds is 9. The molecule has 0 saturated heterocycles. The molecule has 28 heavy (non-hydrogen) atoms. The molecular weight excluding hydrogens is 386 g/mol. The molecule has 154 valence electrons. The van der Waals surface area contributed by atoms with Gasteiger partial charge in [0.2, 0.25) is 0 Å². The minimum atomic E-state index is -2.90. The summed E-state index contributed by atoms with van der Waals surface area (Å²) in [5.74, 6) is 1.08. The first-order chi connectivity index (χ1) is 13.4. The zero-order valence-electron chi connectivity index (χ0n) is 16.5. The smallest absolute Gasteiger partial charge is 0.387 e. The van der Waals surface area contributed by atoms with Crippen molar-refractivity contribution in [3.8, 4) is 11.5 Å². The van der Waals surface area contributed by atoms with Crippen molar-refractivity contribution in [3.05, 3.63) is 39.8 Å². The van der Waals surface area contributed by atoms with E-state index in [0.29, 0.717) is 19.5 Å². The Morgan fingerprint density at radius 2 is 2.14 bits per heavy atom. The Morgan fingerprint density at radius 3 is 2.75 bits per heavy atom. The number of thiazole rings is 1. The number of nitrogens with one attached hydrogen (secondary N) is 1. The third kappa shape index (κ3) is 6.63. The molecule has 0 aliphatic carbocycles. The molecule has 0 aliphatic rings. The summed E-state index contributed by atoms with van der Waals surface area (Å²) >= 11 is 1.62. The Bertz CT molecular complexity index is 783. The molecule has 2 aromatic rings. The average Bonchev–Trinajstić information content (AvgIpc) is 3.05. The minimum absolute atomic E-state index is 0.0295. The zero-order valence-corrected chi connectivity index (χ0v) is 17.4. The van der Waals surface area contributed by atoms with Gasteiger partial charge in [-0.1, -0.05) is 6.07 Å². The SMILES string of the molecule is CCNC(=NCCc1ccc(OC)c(OC(F)F)c1)N(C)Cc1csc(C)n1. The van der Waals surface area contributed by atoms with Crippen LogP contribution in [-0.2, 0) is 13.0 Å². The predicted molar refractivity (Wildman–Crippen MR) is 108 cm³/mol. The van der Waals surface area contributed by atoms with Crippen molar-refractivity contribution in [1.29, 1.82) is 0 Å². The lowest BCUT2D eigenvalue weighted by Crippen LogP contribution is -2.38. The number of aryl methyl sites for hydroxylation is 1. The lowest BCUT2D eigenvalue weighted by molar-refractivity contribution is -0.0512. The number of nitrogens with zero attached hydrogens (tertiary/aromatic N) is 3. The molecule has 1 aromatic heterocycles. The van der Waals surface area contributed by atoms with Gasteiger partial charge in [0, 0.05) is 25.5 Å². The van der Waals surface area contributed by atoms with Crippen LogP contribution in [0.4, 0.5) is 8.78 Å². The summed E-state index contributed by atoms with van der Waals surface area (Å²) in [5, 5.41) is 6.33. The van der Waals surface area contributed by atoms with Gasteiger partial charge in [0.15, 0.2) is 17.5 Å². The molecule has 6 nitrogen and oxygen atoms in total. The van der Waals surface area contributed by atoms with E-state index in [-0.39, 0.29) is 11.5 Å². The van der Waals surface area contributed by atoms with Gasteiger partial charge in [-0.15, -0.1) is 11.3 Å². The molecule has 0 aliphatic heterocycles. The molecule has 0 atom stereocenters. The average molecular weight is 413 g/mol. The van der Waals surface area contributed by atoms with Gasteiger partial charge in [-0.05, 0) is 38.0 Å². The summed E-state index contributed by atoms with van der Waals surface area (Å²) in [6.07, 6.45) is 0.585. The minimum Gasteiger partial charge on any atom is -0.493 e. The monoisotopic (exact) mass is 412 g/mol. The maximum absolute atomic E-state index is 12.6. The number of aliphatic imine (C=N–C) groups is 1. The first-order valence-corrected chi connectivity index (χ1v) is 9.83. The summed E-state index contributed by atoms with van der Waals surface area (Å²) in [7, 11) is 3.37. The van der Waals surface area contributed by atoms with Crippen molar-refractivity contribution in [1.82, 2.24) is 15.2 Å². The summed E-state index contributed by atoms with van der Waals surface area (Å²) < 4.78 is 34.7. The molecule has 9 heteroatoms. The van der Waals surface area contributed by atoms with Crippen LogP contribution >= 0.6 is 11.3 Å². The van der Waals surface area contributed by atoms with E-state index in [1.807, 2.05) is 37.2 Å². The molecule has 0 bridgehead atoms. The number of halogens is 2. The zero-order chi connectivity index (χ0) is 20.5. The molecule has 1 N–H and O–H groups in total. The van der Waals surface area contributed by atoms with E-state index in [0.717, 1.165) is 28.8 Å². The van der Waals surface area contributed by atoms with E-state index in [2.05, 4.69) is 20.0 Å². The third-order valence-corrected chi connectivity index (χ3v) is 4.69. The summed E-state index contributed by atoms with van der Waals surface area (Å²) in [5.41, 5.74) is 1.84. The van der Waals surface area contributed by atoms with Crippen molar-refractivity contribution in [2.45, 2.75) is 33.4 Å². The number of benzene rings is 1. The number of hydrogen-bond acceptors (Lipinski definition) is 5. The van der Waals surface area contributed by atoms with E-state index >= 15 is 0 Å². The van der Waals surface area contributed by atoms with Gasteiger partial charge in [0.05, 0.1) is 24.4 Å². The van der Waals surface area contributed by atoms with E-state index in [9.17, 15) is 8.78 Å². The highest BCUT2D eigenvalue weighted by Gasteiger charge is 2.12. The van der Waals surface area contributed by atoms with E-state index in [1.54, 1.807) is 23.5 Å². The molecule has 1 aromatic carbocycles. The Kier molecular flexibility index (Phi) is 8.43. The standard InChI is InChI=1S/C19H26F2N4O2S/c1-5-22-19(25(3)11-15-12-28-13(2)24-15)23-9-8-14-6-7-16(26-4)17(10-14)27-18(20)21/h6-7,10,12,18H,5,8-9,11H2,1-4H3,(H,22,23). The van der Waals surface area contributed by atoms with Crippen LogP contribution in [0, 0.1) is 6.92 Å². The van der Waals surface area contributed by atoms with Crippen LogP contribution < -0.4 is 14.8 Å². The first-order valence-electron chi connectivity index (χ1n) is 8.95. The van der Waals surface area contributed by atoms with Crippen LogP contribution in [0.25, 0.3) is 0 Å². The Labute approximate surface area is 168 Å². The van der Waals surface area contributed by atoms with Gasteiger partial charge in [-0.25, -0.2) is 4.98 Å². The van der Waals surface area contributed by atoms with Crippen molar-refractivity contribution >= 4 is 17.3 Å². The molecule has 0 radical (unpaired) electrons. The fraction of sp³-hybridized carbons (Fsp3) is 0.474. The van der Waals surface area contributed by atoms with Crippen molar-refractivity contribution < 1.29 is 18.3 Å². The molecule has 2 rings (SSSR count). The molecule has 0 unspecified atom stereocenters. The lowest BCUT2D eigenvalue weighted by Gasteiger charge is -2.21. The Morgan fingerprint density at radius 1 is 1.36 bits per heavy atom.